The molecule has 3 aromatic rings. The van der Waals surface area contributed by atoms with Gasteiger partial charge in [0.05, 0.1) is 11.9 Å². The molecule has 3 aromatic carbocycles. The molecular weight excluding hydrogens is 428 g/mol. The van der Waals surface area contributed by atoms with E-state index in [-0.39, 0.29) is 18.9 Å². The largest absolute Gasteiger partial charge is 0.489 e. The van der Waals surface area contributed by atoms with Crippen LogP contribution in [-0.4, -0.2) is 33.2 Å². The number of ether oxygens (including phenoxy) is 2. The lowest BCUT2D eigenvalue weighted by atomic mass is 10.2. The number of para-hydroxylation sites is 2. The van der Waals surface area contributed by atoms with Gasteiger partial charge < -0.3 is 14.8 Å². The molecule has 1 heterocycles. The van der Waals surface area contributed by atoms with Crippen molar-refractivity contribution in [1.82, 2.24) is 0 Å². The first kappa shape index (κ1) is 21.7. The second-order valence-corrected chi connectivity index (χ2v) is 9.39. The van der Waals surface area contributed by atoms with Gasteiger partial charge in [-0.15, -0.1) is 0 Å². The van der Waals surface area contributed by atoms with E-state index >= 15 is 0 Å². The Labute approximate surface area is 187 Å². The van der Waals surface area contributed by atoms with Gasteiger partial charge in [-0.05, 0) is 42.0 Å². The maximum absolute atomic E-state index is 12.8. The fourth-order valence-corrected chi connectivity index (χ4v) is 4.40. The lowest BCUT2D eigenvalue weighted by Gasteiger charge is -2.20. The van der Waals surface area contributed by atoms with E-state index in [1.807, 2.05) is 30.3 Å². The highest BCUT2D eigenvalue weighted by molar-refractivity contribution is 7.92. The molecule has 0 saturated carbocycles. The normalized spacial score (nSPS) is 15.8. The van der Waals surface area contributed by atoms with Crippen LogP contribution in [0.4, 0.5) is 11.4 Å². The number of carbonyl (C=O) groups excluding carboxylic acids is 1. The van der Waals surface area contributed by atoms with Crippen molar-refractivity contribution in [2.45, 2.75) is 19.1 Å². The number of nitrogens with zero attached hydrogens (tertiary/aromatic N) is 1. The van der Waals surface area contributed by atoms with Gasteiger partial charge in [0.25, 0.3) is 5.91 Å². The second kappa shape index (κ2) is 9.32. The first-order chi connectivity index (χ1) is 15.4. The highest BCUT2D eigenvalue weighted by Gasteiger charge is 2.31. The average Bonchev–Trinajstić information content (AvgIpc) is 2.99. The third-order valence-corrected chi connectivity index (χ3v) is 6.24. The summed E-state index contributed by atoms with van der Waals surface area (Å²) < 4.78 is 37.3. The molecule has 1 N–H and O–H groups in total. The van der Waals surface area contributed by atoms with Crippen molar-refractivity contribution in [3.05, 3.63) is 84.4 Å². The lowest BCUT2D eigenvalue weighted by molar-refractivity contribution is -0.122. The lowest BCUT2D eigenvalue weighted by Crippen LogP contribution is -2.35. The number of fused-ring (bicyclic) bond motifs is 1. The van der Waals surface area contributed by atoms with Gasteiger partial charge in [0.15, 0.2) is 6.10 Å². The fraction of sp³-hybridized carbons (Fsp3) is 0.208. The number of hydrogen-bond acceptors (Lipinski definition) is 5. The molecule has 0 aliphatic carbocycles. The van der Waals surface area contributed by atoms with Crippen LogP contribution in [0.5, 0.6) is 11.5 Å². The Bertz CT molecular complexity index is 1180. The van der Waals surface area contributed by atoms with Crippen LogP contribution in [0.15, 0.2) is 78.9 Å². The van der Waals surface area contributed by atoms with Crippen LogP contribution in [0.3, 0.4) is 0 Å². The molecule has 32 heavy (non-hydrogen) atoms. The summed E-state index contributed by atoms with van der Waals surface area (Å²) in [5.41, 5.74) is 2.10. The van der Waals surface area contributed by atoms with E-state index < -0.39 is 16.1 Å². The van der Waals surface area contributed by atoms with E-state index in [0.717, 1.165) is 11.8 Å². The minimum absolute atomic E-state index is 0.153. The monoisotopic (exact) mass is 452 g/mol. The number of amides is 1. The average molecular weight is 453 g/mol. The number of hydrogen-bond donors (Lipinski definition) is 1. The highest BCUT2D eigenvalue weighted by atomic mass is 32.2. The number of benzene rings is 3. The zero-order chi connectivity index (χ0) is 22.6. The van der Waals surface area contributed by atoms with Gasteiger partial charge in [-0.25, -0.2) is 8.42 Å². The number of sulfonamides is 1. The van der Waals surface area contributed by atoms with Crippen LogP contribution in [0.2, 0.25) is 0 Å². The third-order valence-electron chi connectivity index (χ3n) is 5.06. The van der Waals surface area contributed by atoms with E-state index in [1.165, 1.54) is 4.31 Å². The van der Waals surface area contributed by atoms with E-state index in [4.69, 9.17) is 9.47 Å². The second-order valence-electron chi connectivity index (χ2n) is 7.49. The van der Waals surface area contributed by atoms with Crippen LogP contribution in [0.25, 0.3) is 0 Å². The molecule has 0 radical (unpaired) electrons. The summed E-state index contributed by atoms with van der Waals surface area (Å²) in [7, 11) is -3.49. The Morgan fingerprint density at radius 3 is 2.44 bits per heavy atom. The number of nitrogens with one attached hydrogen (secondary N) is 1. The van der Waals surface area contributed by atoms with Gasteiger partial charge in [-0.2, -0.15) is 0 Å². The molecule has 0 aromatic heterocycles. The van der Waals surface area contributed by atoms with Crippen molar-refractivity contribution < 1.29 is 22.7 Å². The molecule has 1 amide bonds. The van der Waals surface area contributed by atoms with Crippen molar-refractivity contribution in [1.29, 1.82) is 0 Å². The zero-order valence-electron chi connectivity index (χ0n) is 17.6. The van der Waals surface area contributed by atoms with E-state index in [0.29, 0.717) is 29.5 Å². The smallest absolute Gasteiger partial charge is 0.265 e. The van der Waals surface area contributed by atoms with Crippen molar-refractivity contribution >= 4 is 27.3 Å². The Balaban J connectivity index is 1.40. The molecule has 8 heteroatoms. The Kier molecular flexibility index (Phi) is 6.32. The van der Waals surface area contributed by atoms with Gasteiger partial charge in [0.1, 0.15) is 18.1 Å². The Morgan fingerprint density at radius 1 is 1.03 bits per heavy atom. The molecule has 0 saturated heterocycles. The number of rotatable bonds is 6. The summed E-state index contributed by atoms with van der Waals surface area (Å²) in [5.74, 6) is 0.712. The van der Waals surface area contributed by atoms with Gasteiger partial charge >= 0.3 is 0 Å². The summed E-state index contributed by atoms with van der Waals surface area (Å²) in [5, 5.41) is 2.84. The van der Waals surface area contributed by atoms with E-state index in [1.54, 1.807) is 48.5 Å². The molecule has 4 rings (SSSR count). The topological polar surface area (TPSA) is 84.9 Å². The third kappa shape index (κ3) is 5.20. The molecule has 0 bridgehead atoms. The van der Waals surface area contributed by atoms with Gasteiger partial charge in [0, 0.05) is 18.7 Å². The maximum atomic E-state index is 12.8. The molecule has 0 spiro atoms. The molecule has 7 nitrogen and oxygen atoms in total. The number of anilines is 2. The molecule has 0 unspecified atom stereocenters. The predicted octanol–water partition coefficient (Wildman–Crippen LogP) is 3.82. The highest BCUT2D eigenvalue weighted by Crippen LogP contribution is 2.34. The van der Waals surface area contributed by atoms with Gasteiger partial charge in [0.2, 0.25) is 10.0 Å². The van der Waals surface area contributed by atoms with Crippen molar-refractivity contribution in [3.63, 3.8) is 0 Å². The van der Waals surface area contributed by atoms with Crippen molar-refractivity contribution in [3.8, 4) is 11.5 Å². The predicted molar refractivity (Wildman–Crippen MR) is 124 cm³/mol. The van der Waals surface area contributed by atoms with Gasteiger partial charge in [-0.1, -0.05) is 42.5 Å². The van der Waals surface area contributed by atoms with Crippen LogP contribution < -0.4 is 19.1 Å². The zero-order valence-corrected chi connectivity index (χ0v) is 18.4. The quantitative estimate of drug-likeness (QED) is 0.615. The summed E-state index contributed by atoms with van der Waals surface area (Å²) in [6.45, 7) is 0.610. The minimum Gasteiger partial charge on any atom is -0.489 e. The van der Waals surface area contributed by atoms with Crippen molar-refractivity contribution in [2.75, 3.05) is 22.4 Å². The van der Waals surface area contributed by atoms with Crippen LogP contribution in [0.1, 0.15) is 12.0 Å². The minimum atomic E-state index is -3.49. The molecule has 1 aliphatic rings. The molecular formula is C24H24N2O5S. The summed E-state index contributed by atoms with van der Waals surface area (Å²) in [4.78, 5) is 12.8. The van der Waals surface area contributed by atoms with Crippen LogP contribution in [-0.2, 0) is 21.4 Å². The molecule has 1 aliphatic heterocycles. The van der Waals surface area contributed by atoms with E-state index in [2.05, 4.69) is 5.32 Å². The summed E-state index contributed by atoms with van der Waals surface area (Å²) in [6.07, 6.45) is 0.550. The van der Waals surface area contributed by atoms with Crippen LogP contribution >= 0.6 is 0 Å². The molecule has 1 atom stereocenters. The first-order valence-electron chi connectivity index (χ1n) is 10.2. The van der Waals surface area contributed by atoms with E-state index in [9.17, 15) is 13.2 Å². The molecule has 166 valence electrons. The maximum Gasteiger partial charge on any atom is 0.265 e. The Hall–Kier alpha value is -3.52. The summed E-state index contributed by atoms with van der Waals surface area (Å²) >= 11 is 0. The summed E-state index contributed by atoms with van der Waals surface area (Å²) in [6, 6.07) is 23.8. The van der Waals surface area contributed by atoms with Crippen LogP contribution in [0, 0.1) is 0 Å². The number of carbonyl (C=O) groups is 1. The first-order valence-corrected chi connectivity index (χ1v) is 12.1. The van der Waals surface area contributed by atoms with Gasteiger partial charge in [-0.3, -0.25) is 9.10 Å². The Morgan fingerprint density at radius 2 is 1.72 bits per heavy atom. The molecule has 0 fully saturated rings. The van der Waals surface area contributed by atoms with Crippen molar-refractivity contribution in [2.24, 2.45) is 0 Å². The standard InChI is InChI=1S/C24H24N2O5S/c1-32(28,29)26-16-15-23(31-22-10-6-5-9-21(22)26)24(27)25-19-11-13-20(14-12-19)30-17-18-7-3-2-4-8-18/h2-14,23H,15-17H2,1H3,(H,25,27)/t23-/m0/s1. The SMILES string of the molecule is CS(=O)(=O)N1CC[C@@H](C(=O)Nc2ccc(OCc3ccccc3)cc2)Oc2ccccc21. The fourth-order valence-electron chi connectivity index (χ4n) is 3.46.